The summed E-state index contributed by atoms with van der Waals surface area (Å²) in [6.45, 7) is 13.1. The molecule has 0 saturated carbocycles. The largest absolute Gasteiger partial charge is 0.347 e. The number of rotatable bonds is 6. The molecule has 0 saturated heterocycles. The first-order valence-corrected chi connectivity index (χ1v) is 6.94. The topological polar surface area (TPSA) is 29.0 Å². The third kappa shape index (κ3) is 3.44. The molecule has 1 unspecified atom stereocenters. The van der Waals surface area contributed by atoms with Gasteiger partial charge in [-0.3, -0.25) is 0 Å². The van der Waals surface area contributed by atoms with Crippen LogP contribution in [0.1, 0.15) is 52.8 Å². The zero-order chi connectivity index (χ0) is 12.1. The van der Waals surface area contributed by atoms with E-state index >= 15 is 0 Å². The molecule has 0 spiro atoms. The molecule has 0 N–H and O–H groups in total. The van der Waals surface area contributed by atoms with E-state index in [-0.39, 0.29) is 0 Å². The van der Waals surface area contributed by atoms with Crippen molar-refractivity contribution < 1.29 is 0 Å². The van der Waals surface area contributed by atoms with Crippen LogP contribution in [0.2, 0.25) is 0 Å². The van der Waals surface area contributed by atoms with Crippen molar-refractivity contribution >= 4 is 16.7 Å². The SMILES string of the molecule is CCC(C)CN(CC)c1nc(C(C)C)ns1. The lowest BCUT2D eigenvalue weighted by Crippen LogP contribution is -2.27. The standard InChI is InChI=1S/C12H23N3S/c1-6-10(5)8-15(7-2)12-13-11(9(3)4)14-16-12/h9-10H,6-8H2,1-5H3. The summed E-state index contributed by atoms with van der Waals surface area (Å²) in [5.41, 5.74) is 0. The average molecular weight is 241 g/mol. The smallest absolute Gasteiger partial charge is 0.205 e. The molecule has 0 amide bonds. The molecule has 1 aromatic heterocycles. The van der Waals surface area contributed by atoms with Crippen molar-refractivity contribution in [3.05, 3.63) is 5.82 Å². The summed E-state index contributed by atoms with van der Waals surface area (Å²) in [7, 11) is 0. The number of hydrogen-bond donors (Lipinski definition) is 0. The first kappa shape index (κ1) is 13.4. The normalized spacial score (nSPS) is 13.1. The Bertz CT molecular complexity index is 309. The second-order valence-corrected chi connectivity index (χ2v) is 5.37. The minimum atomic E-state index is 0.423. The highest BCUT2D eigenvalue weighted by Gasteiger charge is 2.14. The minimum Gasteiger partial charge on any atom is -0.347 e. The number of hydrogen-bond acceptors (Lipinski definition) is 4. The van der Waals surface area contributed by atoms with E-state index in [1.807, 2.05) is 0 Å². The number of anilines is 1. The summed E-state index contributed by atoms with van der Waals surface area (Å²) in [6.07, 6.45) is 1.21. The Hall–Kier alpha value is -0.640. The molecule has 1 aromatic rings. The molecule has 92 valence electrons. The Labute approximate surface area is 103 Å². The van der Waals surface area contributed by atoms with E-state index in [4.69, 9.17) is 0 Å². The second kappa shape index (κ2) is 6.18. The van der Waals surface area contributed by atoms with E-state index in [2.05, 4.69) is 48.9 Å². The van der Waals surface area contributed by atoms with E-state index in [0.717, 1.165) is 24.0 Å². The van der Waals surface area contributed by atoms with Crippen LogP contribution >= 0.6 is 11.5 Å². The van der Waals surface area contributed by atoms with Crippen LogP contribution in [0.5, 0.6) is 0 Å². The van der Waals surface area contributed by atoms with Crippen LogP contribution in [0.3, 0.4) is 0 Å². The molecule has 0 aliphatic carbocycles. The molecule has 0 radical (unpaired) electrons. The van der Waals surface area contributed by atoms with Crippen molar-refractivity contribution in [3.63, 3.8) is 0 Å². The van der Waals surface area contributed by atoms with Gasteiger partial charge in [0, 0.05) is 30.5 Å². The summed E-state index contributed by atoms with van der Waals surface area (Å²) in [4.78, 5) is 6.93. The monoisotopic (exact) mass is 241 g/mol. The maximum absolute atomic E-state index is 4.60. The van der Waals surface area contributed by atoms with Gasteiger partial charge in [-0.15, -0.1) is 0 Å². The van der Waals surface area contributed by atoms with Gasteiger partial charge in [-0.1, -0.05) is 34.1 Å². The molecular weight excluding hydrogens is 218 g/mol. The maximum atomic E-state index is 4.60. The molecule has 0 aromatic carbocycles. The van der Waals surface area contributed by atoms with Gasteiger partial charge in [0.15, 0.2) is 0 Å². The lowest BCUT2D eigenvalue weighted by atomic mass is 10.1. The van der Waals surface area contributed by atoms with E-state index in [0.29, 0.717) is 11.8 Å². The number of aromatic nitrogens is 2. The summed E-state index contributed by atoms with van der Waals surface area (Å²) in [5, 5.41) is 1.08. The highest BCUT2D eigenvalue weighted by molar-refractivity contribution is 7.09. The van der Waals surface area contributed by atoms with Gasteiger partial charge in [0.05, 0.1) is 0 Å². The van der Waals surface area contributed by atoms with Gasteiger partial charge < -0.3 is 4.90 Å². The zero-order valence-corrected chi connectivity index (χ0v) is 11.8. The Balaban J connectivity index is 2.71. The third-order valence-corrected chi connectivity index (χ3v) is 3.62. The Morgan fingerprint density at radius 3 is 2.38 bits per heavy atom. The number of nitrogens with zero attached hydrogens (tertiary/aromatic N) is 3. The average Bonchev–Trinajstić information content (AvgIpc) is 2.74. The lowest BCUT2D eigenvalue weighted by Gasteiger charge is -2.22. The molecule has 16 heavy (non-hydrogen) atoms. The zero-order valence-electron chi connectivity index (χ0n) is 11.0. The summed E-state index contributed by atoms with van der Waals surface area (Å²) >= 11 is 1.53. The molecule has 1 atom stereocenters. The molecule has 0 bridgehead atoms. The minimum absolute atomic E-state index is 0.423. The molecular formula is C12H23N3S. The summed E-state index contributed by atoms with van der Waals surface area (Å²) in [5.74, 6) is 2.11. The Morgan fingerprint density at radius 1 is 1.25 bits per heavy atom. The van der Waals surface area contributed by atoms with Crippen molar-refractivity contribution in [3.8, 4) is 0 Å². The molecule has 0 aliphatic heterocycles. The predicted molar refractivity (Wildman–Crippen MR) is 71.3 cm³/mol. The van der Waals surface area contributed by atoms with E-state index in [1.54, 1.807) is 0 Å². The third-order valence-electron chi connectivity index (χ3n) is 2.83. The highest BCUT2D eigenvalue weighted by Crippen LogP contribution is 2.22. The predicted octanol–water partition coefficient (Wildman–Crippen LogP) is 3.53. The van der Waals surface area contributed by atoms with Crippen LogP contribution < -0.4 is 4.90 Å². The molecule has 0 fully saturated rings. The Kier molecular flexibility index (Phi) is 5.19. The van der Waals surface area contributed by atoms with Crippen molar-refractivity contribution in [1.29, 1.82) is 0 Å². The van der Waals surface area contributed by atoms with Crippen molar-refractivity contribution in [1.82, 2.24) is 9.36 Å². The first-order chi connectivity index (χ1) is 7.58. The second-order valence-electron chi connectivity index (χ2n) is 4.64. The van der Waals surface area contributed by atoms with Crippen molar-refractivity contribution in [2.24, 2.45) is 5.92 Å². The molecule has 4 heteroatoms. The Morgan fingerprint density at radius 2 is 1.94 bits per heavy atom. The van der Waals surface area contributed by atoms with E-state index in [9.17, 15) is 0 Å². The summed E-state index contributed by atoms with van der Waals surface area (Å²) < 4.78 is 4.41. The van der Waals surface area contributed by atoms with Crippen LogP contribution in [-0.4, -0.2) is 22.4 Å². The molecule has 1 rings (SSSR count). The fourth-order valence-electron chi connectivity index (χ4n) is 1.44. The van der Waals surface area contributed by atoms with Crippen LogP contribution in [0, 0.1) is 5.92 Å². The van der Waals surface area contributed by atoms with Crippen molar-refractivity contribution in [2.75, 3.05) is 18.0 Å². The maximum Gasteiger partial charge on any atom is 0.205 e. The van der Waals surface area contributed by atoms with Gasteiger partial charge >= 0.3 is 0 Å². The fourth-order valence-corrected chi connectivity index (χ4v) is 2.32. The lowest BCUT2D eigenvalue weighted by molar-refractivity contribution is 0.547. The molecule has 1 heterocycles. The van der Waals surface area contributed by atoms with Crippen LogP contribution in [0.25, 0.3) is 0 Å². The van der Waals surface area contributed by atoms with Gasteiger partial charge in [0.2, 0.25) is 5.13 Å². The fraction of sp³-hybridized carbons (Fsp3) is 0.833. The van der Waals surface area contributed by atoms with Crippen LogP contribution in [0.4, 0.5) is 5.13 Å². The summed E-state index contributed by atoms with van der Waals surface area (Å²) in [6, 6.07) is 0. The van der Waals surface area contributed by atoms with Gasteiger partial charge in [0.25, 0.3) is 0 Å². The van der Waals surface area contributed by atoms with Gasteiger partial charge in [-0.05, 0) is 12.8 Å². The highest BCUT2D eigenvalue weighted by atomic mass is 32.1. The first-order valence-electron chi connectivity index (χ1n) is 6.17. The van der Waals surface area contributed by atoms with Crippen molar-refractivity contribution in [2.45, 2.75) is 47.0 Å². The molecule has 0 aliphatic rings. The van der Waals surface area contributed by atoms with Gasteiger partial charge in [-0.2, -0.15) is 4.37 Å². The van der Waals surface area contributed by atoms with Crippen LogP contribution in [0.15, 0.2) is 0 Å². The quantitative estimate of drug-likeness (QED) is 0.763. The van der Waals surface area contributed by atoms with E-state index < -0.39 is 0 Å². The molecule has 3 nitrogen and oxygen atoms in total. The van der Waals surface area contributed by atoms with Gasteiger partial charge in [0.1, 0.15) is 5.82 Å². The van der Waals surface area contributed by atoms with E-state index in [1.165, 1.54) is 18.0 Å². The van der Waals surface area contributed by atoms with Gasteiger partial charge in [-0.25, -0.2) is 4.98 Å². The van der Waals surface area contributed by atoms with Crippen LogP contribution in [-0.2, 0) is 0 Å².